The summed E-state index contributed by atoms with van der Waals surface area (Å²) in [6, 6.07) is 1.93. The SMILES string of the molecule is [W]=[CH]/C=C\c1ccoc1. The Balaban J connectivity index is 2.67. The van der Waals surface area contributed by atoms with Gasteiger partial charge < -0.3 is 0 Å². The van der Waals surface area contributed by atoms with E-state index in [1.54, 1.807) is 12.5 Å². The fourth-order valence-electron chi connectivity index (χ4n) is 0.520. The van der Waals surface area contributed by atoms with Crippen LogP contribution >= 0.6 is 0 Å². The van der Waals surface area contributed by atoms with Crippen molar-refractivity contribution >= 4 is 10.5 Å². The third kappa shape index (κ3) is 2.11. The van der Waals surface area contributed by atoms with Crippen molar-refractivity contribution in [3.05, 3.63) is 30.2 Å². The Morgan fingerprint density at radius 1 is 1.56 bits per heavy atom. The van der Waals surface area contributed by atoms with Gasteiger partial charge in [-0.2, -0.15) is 0 Å². The van der Waals surface area contributed by atoms with Crippen LogP contribution in [0.15, 0.2) is 29.1 Å². The molecule has 1 nitrogen and oxygen atoms in total. The van der Waals surface area contributed by atoms with E-state index in [2.05, 4.69) is 4.40 Å². The van der Waals surface area contributed by atoms with Crippen LogP contribution in [-0.2, 0) is 19.4 Å². The van der Waals surface area contributed by atoms with Crippen LogP contribution < -0.4 is 0 Å². The van der Waals surface area contributed by atoms with Crippen molar-refractivity contribution in [3.8, 4) is 0 Å². The number of furan rings is 1. The average molecular weight is 290 g/mol. The Bertz CT molecular complexity index is 199. The van der Waals surface area contributed by atoms with E-state index in [0.29, 0.717) is 0 Å². The van der Waals surface area contributed by atoms with E-state index in [4.69, 9.17) is 4.42 Å². The van der Waals surface area contributed by atoms with Crippen molar-refractivity contribution in [3.63, 3.8) is 0 Å². The summed E-state index contributed by atoms with van der Waals surface area (Å²) < 4.78 is 6.92. The fourth-order valence-corrected chi connectivity index (χ4v) is 0.802. The summed E-state index contributed by atoms with van der Waals surface area (Å²) in [4.78, 5) is 0. The van der Waals surface area contributed by atoms with E-state index in [1.165, 1.54) is 19.4 Å². The molecule has 1 aromatic heterocycles. The van der Waals surface area contributed by atoms with Crippen molar-refractivity contribution in [1.29, 1.82) is 0 Å². The third-order valence-electron chi connectivity index (χ3n) is 0.910. The third-order valence-corrected chi connectivity index (χ3v) is 1.47. The number of rotatable bonds is 2. The predicted octanol–water partition coefficient (Wildman–Crippen LogP) is 1.64. The molecule has 0 fully saturated rings. The first-order chi connectivity index (χ1) is 4.43. The zero-order valence-corrected chi connectivity index (χ0v) is 7.71. The summed E-state index contributed by atoms with van der Waals surface area (Å²) in [6.07, 6.45) is 7.41. The summed E-state index contributed by atoms with van der Waals surface area (Å²) in [6.45, 7) is 0. The van der Waals surface area contributed by atoms with Crippen molar-refractivity contribution < 1.29 is 23.8 Å². The number of hydrogen-bond acceptors (Lipinski definition) is 1. The minimum absolute atomic E-state index is 1.12. The molecule has 0 amide bonds. The molecule has 0 saturated heterocycles. The van der Waals surface area contributed by atoms with E-state index in [0.717, 1.165) is 5.56 Å². The normalized spacial score (nSPS) is 10.2. The van der Waals surface area contributed by atoms with Gasteiger partial charge in [-0.1, -0.05) is 0 Å². The first-order valence-corrected chi connectivity index (χ1v) is 4.27. The zero-order valence-electron chi connectivity index (χ0n) is 4.78. The molecule has 0 unspecified atom stereocenters. The van der Waals surface area contributed by atoms with Gasteiger partial charge in [-0.15, -0.1) is 0 Å². The molecule has 0 aliphatic heterocycles. The first-order valence-electron chi connectivity index (χ1n) is 2.57. The van der Waals surface area contributed by atoms with Gasteiger partial charge in [0.1, 0.15) is 0 Å². The summed E-state index contributed by atoms with van der Waals surface area (Å²) >= 11 is 1.46. The first kappa shape index (κ1) is 6.69. The zero-order chi connectivity index (χ0) is 6.53. The van der Waals surface area contributed by atoms with Crippen LogP contribution in [0, 0.1) is 0 Å². The maximum atomic E-state index is 4.85. The quantitative estimate of drug-likeness (QED) is 0.807. The molecule has 46 valence electrons. The van der Waals surface area contributed by atoms with Crippen LogP contribution in [0.25, 0.3) is 6.08 Å². The minimum atomic E-state index is 1.12. The molecule has 0 aromatic carbocycles. The Kier molecular flexibility index (Phi) is 2.66. The van der Waals surface area contributed by atoms with Gasteiger partial charge in [0, 0.05) is 0 Å². The summed E-state index contributed by atoms with van der Waals surface area (Å²) in [7, 11) is 0. The Hall–Kier alpha value is -0.422. The maximum absolute atomic E-state index is 4.85. The van der Waals surface area contributed by atoms with Crippen LogP contribution in [-0.4, -0.2) is 4.40 Å². The van der Waals surface area contributed by atoms with Gasteiger partial charge in [0.25, 0.3) is 0 Å². The van der Waals surface area contributed by atoms with E-state index < -0.39 is 0 Å². The van der Waals surface area contributed by atoms with Crippen molar-refractivity contribution in [2.45, 2.75) is 0 Å². The van der Waals surface area contributed by atoms with Crippen molar-refractivity contribution in [1.82, 2.24) is 0 Å². The second kappa shape index (κ2) is 3.57. The molecule has 1 rings (SSSR count). The Morgan fingerprint density at radius 2 is 2.44 bits per heavy atom. The second-order valence-corrected chi connectivity index (χ2v) is 2.53. The molecule has 0 aliphatic rings. The van der Waals surface area contributed by atoms with Gasteiger partial charge in [-0.25, -0.2) is 0 Å². The van der Waals surface area contributed by atoms with E-state index in [1.807, 2.05) is 18.2 Å². The van der Waals surface area contributed by atoms with Gasteiger partial charge in [0.15, 0.2) is 0 Å². The van der Waals surface area contributed by atoms with Gasteiger partial charge >= 0.3 is 64.5 Å². The van der Waals surface area contributed by atoms with Crippen LogP contribution in [0.1, 0.15) is 5.56 Å². The standard InChI is InChI=1S/C7H6O.W/c1-2-3-7-4-5-8-6-7;/h1-6H;/b3-2-;. The topological polar surface area (TPSA) is 13.1 Å². The van der Waals surface area contributed by atoms with Crippen LogP contribution in [0.3, 0.4) is 0 Å². The summed E-state index contributed by atoms with van der Waals surface area (Å²) in [5.41, 5.74) is 1.12. The fraction of sp³-hybridized carbons (Fsp3) is 0. The molecular weight excluding hydrogens is 284 g/mol. The van der Waals surface area contributed by atoms with Crippen LogP contribution in [0.4, 0.5) is 0 Å². The summed E-state index contributed by atoms with van der Waals surface area (Å²) in [5.74, 6) is 0. The molecule has 0 saturated carbocycles. The van der Waals surface area contributed by atoms with Gasteiger partial charge in [-0.3, -0.25) is 0 Å². The van der Waals surface area contributed by atoms with Gasteiger partial charge in [0.2, 0.25) is 0 Å². The molecular formula is C7H6OW. The molecule has 0 bridgehead atoms. The number of allylic oxidation sites excluding steroid dienone is 1. The predicted molar refractivity (Wildman–Crippen MR) is 33.8 cm³/mol. The molecule has 1 heterocycles. The molecule has 0 atom stereocenters. The molecule has 1 aromatic rings. The molecule has 0 aliphatic carbocycles. The van der Waals surface area contributed by atoms with E-state index in [-0.39, 0.29) is 0 Å². The van der Waals surface area contributed by atoms with Gasteiger partial charge in [0.05, 0.1) is 0 Å². The molecule has 2 heteroatoms. The summed E-state index contributed by atoms with van der Waals surface area (Å²) in [5, 5.41) is 0. The van der Waals surface area contributed by atoms with E-state index >= 15 is 0 Å². The monoisotopic (exact) mass is 290 g/mol. The van der Waals surface area contributed by atoms with Gasteiger partial charge in [-0.05, 0) is 0 Å². The van der Waals surface area contributed by atoms with Crippen molar-refractivity contribution in [2.24, 2.45) is 0 Å². The van der Waals surface area contributed by atoms with Crippen LogP contribution in [0.5, 0.6) is 0 Å². The Labute approximate surface area is 64.8 Å². The Morgan fingerprint density at radius 3 is 3.00 bits per heavy atom. The van der Waals surface area contributed by atoms with E-state index in [9.17, 15) is 0 Å². The molecule has 0 N–H and O–H groups in total. The van der Waals surface area contributed by atoms with Crippen LogP contribution in [0.2, 0.25) is 0 Å². The second-order valence-electron chi connectivity index (χ2n) is 1.55. The van der Waals surface area contributed by atoms with Crippen molar-refractivity contribution in [2.75, 3.05) is 0 Å². The molecule has 0 spiro atoms. The molecule has 9 heavy (non-hydrogen) atoms. The molecule has 0 radical (unpaired) electrons. The average Bonchev–Trinajstić information content (AvgIpc) is 2.34. The number of hydrogen-bond donors (Lipinski definition) is 0.